The first-order valence-electron chi connectivity index (χ1n) is 4.90. The summed E-state index contributed by atoms with van der Waals surface area (Å²) in [6.45, 7) is 1.15. The summed E-state index contributed by atoms with van der Waals surface area (Å²) in [5, 5.41) is 9.81. The second-order valence-electron chi connectivity index (χ2n) is 3.32. The lowest BCUT2D eigenvalue weighted by Gasteiger charge is -2.20. The predicted octanol–water partition coefficient (Wildman–Crippen LogP) is 0.137. The average molecular weight is 208 g/mol. The molecule has 4 nitrogen and oxygen atoms in total. The fourth-order valence-corrected chi connectivity index (χ4v) is 1.36. The zero-order valence-electron chi connectivity index (χ0n) is 8.54. The smallest absolute Gasteiger partial charge is 0.209 e. The van der Waals surface area contributed by atoms with E-state index in [2.05, 4.69) is 0 Å². The Balaban J connectivity index is 2.54. The van der Waals surface area contributed by atoms with Crippen LogP contribution < -0.4 is 5.73 Å². The van der Waals surface area contributed by atoms with E-state index in [0.29, 0.717) is 19.5 Å². The number of hydrogen-bond donors (Lipinski definition) is 2. The molecule has 0 spiro atoms. The number of amides is 1. The second kappa shape index (κ2) is 6.16. The van der Waals surface area contributed by atoms with E-state index >= 15 is 0 Å². The third-order valence-electron chi connectivity index (χ3n) is 2.16. The Bertz CT molecular complexity index is 290. The molecule has 0 aliphatic carbocycles. The maximum absolute atomic E-state index is 10.6. The van der Waals surface area contributed by atoms with Crippen molar-refractivity contribution in [2.24, 2.45) is 5.73 Å². The highest BCUT2D eigenvalue weighted by atomic mass is 16.3. The van der Waals surface area contributed by atoms with Crippen molar-refractivity contribution in [1.82, 2.24) is 4.90 Å². The molecule has 1 unspecified atom stereocenters. The number of aliphatic hydroxyl groups is 1. The zero-order chi connectivity index (χ0) is 11.1. The summed E-state index contributed by atoms with van der Waals surface area (Å²) >= 11 is 0. The normalized spacial score (nSPS) is 12.1. The predicted molar refractivity (Wildman–Crippen MR) is 58.1 cm³/mol. The lowest BCUT2D eigenvalue weighted by molar-refractivity contribution is -0.119. The summed E-state index contributed by atoms with van der Waals surface area (Å²) in [4.78, 5) is 12.1. The molecule has 0 aromatic heterocycles. The molecular formula is C11H16N2O2. The van der Waals surface area contributed by atoms with Gasteiger partial charge in [-0.3, -0.25) is 4.79 Å². The minimum Gasteiger partial charge on any atom is -0.387 e. The first-order valence-corrected chi connectivity index (χ1v) is 4.90. The van der Waals surface area contributed by atoms with E-state index in [4.69, 9.17) is 5.73 Å². The molecule has 0 fully saturated rings. The number of carbonyl (C=O) groups is 1. The van der Waals surface area contributed by atoms with Crippen molar-refractivity contribution in [3.05, 3.63) is 35.9 Å². The minimum absolute atomic E-state index is 0.282. The van der Waals surface area contributed by atoms with Crippen LogP contribution in [0.15, 0.2) is 30.3 Å². The number of carbonyl (C=O) groups excluding carboxylic acids is 1. The molecule has 0 aliphatic rings. The summed E-state index contributed by atoms with van der Waals surface area (Å²) in [6.07, 6.45) is 0.0573. The second-order valence-corrected chi connectivity index (χ2v) is 3.32. The van der Waals surface area contributed by atoms with Gasteiger partial charge in [0, 0.05) is 13.1 Å². The van der Waals surface area contributed by atoms with Crippen molar-refractivity contribution in [2.75, 3.05) is 19.6 Å². The molecule has 1 amide bonds. The molecule has 1 aromatic carbocycles. The Morgan fingerprint density at radius 2 is 2.07 bits per heavy atom. The lowest BCUT2D eigenvalue weighted by atomic mass is 10.1. The van der Waals surface area contributed by atoms with Crippen LogP contribution in [0, 0.1) is 0 Å². The quantitative estimate of drug-likeness (QED) is 0.653. The lowest BCUT2D eigenvalue weighted by Crippen LogP contribution is -2.32. The highest BCUT2D eigenvalue weighted by Crippen LogP contribution is 2.12. The summed E-state index contributed by atoms with van der Waals surface area (Å²) in [5.41, 5.74) is 6.14. The van der Waals surface area contributed by atoms with Crippen LogP contribution in [0.4, 0.5) is 0 Å². The number of nitrogens with two attached hydrogens (primary N) is 1. The van der Waals surface area contributed by atoms with Gasteiger partial charge in [0.15, 0.2) is 0 Å². The number of aliphatic hydroxyl groups excluding tert-OH is 1. The van der Waals surface area contributed by atoms with Gasteiger partial charge in [-0.2, -0.15) is 0 Å². The van der Waals surface area contributed by atoms with Gasteiger partial charge in [-0.15, -0.1) is 0 Å². The van der Waals surface area contributed by atoms with Gasteiger partial charge in [-0.05, 0) is 5.56 Å². The van der Waals surface area contributed by atoms with Crippen molar-refractivity contribution < 1.29 is 9.90 Å². The van der Waals surface area contributed by atoms with Crippen LogP contribution in [0.1, 0.15) is 11.7 Å². The van der Waals surface area contributed by atoms with E-state index in [1.807, 2.05) is 30.3 Å². The van der Waals surface area contributed by atoms with Crippen molar-refractivity contribution in [3.8, 4) is 0 Å². The highest BCUT2D eigenvalue weighted by Gasteiger charge is 2.10. The van der Waals surface area contributed by atoms with Gasteiger partial charge in [0.25, 0.3) is 0 Å². The van der Waals surface area contributed by atoms with Gasteiger partial charge in [0.1, 0.15) is 0 Å². The van der Waals surface area contributed by atoms with E-state index in [1.165, 1.54) is 4.90 Å². The van der Waals surface area contributed by atoms with Crippen LogP contribution >= 0.6 is 0 Å². The molecule has 15 heavy (non-hydrogen) atoms. The molecule has 0 aliphatic heterocycles. The Hall–Kier alpha value is -1.39. The van der Waals surface area contributed by atoms with Crippen molar-refractivity contribution >= 4 is 6.41 Å². The van der Waals surface area contributed by atoms with Crippen molar-refractivity contribution in [1.29, 1.82) is 0 Å². The molecule has 0 bridgehead atoms. The molecule has 4 heteroatoms. The zero-order valence-corrected chi connectivity index (χ0v) is 8.54. The molecule has 3 N–H and O–H groups in total. The van der Waals surface area contributed by atoms with Crippen LogP contribution in [0.25, 0.3) is 0 Å². The van der Waals surface area contributed by atoms with Crippen LogP contribution in [-0.2, 0) is 4.79 Å². The molecule has 0 heterocycles. The minimum atomic E-state index is -0.650. The summed E-state index contributed by atoms with van der Waals surface area (Å²) < 4.78 is 0. The van der Waals surface area contributed by atoms with Crippen LogP contribution in [0.2, 0.25) is 0 Å². The third-order valence-corrected chi connectivity index (χ3v) is 2.16. The Morgan fingerprint density at radius 1 is 1.40 bits per heavy atom. The first-order chi connectivity index (χ1) is 7.27. The van der Waals surface area contributed by atoms with E-state index < -0.39 is 6.10 Å². The maximum atomic E-state index is 10.6. The third kappa shape index (κ3) is 3.69. The average Bonchev–Trinajstić information content (AvgIpc) is 2.29. The number of rotatable bonds is 6. The Morgan fingerprint density at radius 3 is 2.60 bits per heavy atom. The van der Waals surface area contributed by atoms with Crippen molar-refractivity contribution in [2.45, 2.75) is 6.10 Å². The van der Waals surface area contributed by atoms with Crippen LogP contribution in [0.5, 0.6) is 0 Å². The van der Waals surface area contributed by atoms with Gasteiger partial charge >= 0.3 is 0 Å². The van der Waals surface area contributed by atoms with Crippen LogP contribution in [-0.4, -0.2) is 36.1 Å². The molecule has 1 rings (SSSR count). The Labute approximate surface area is 89.3 Å². The summed E-state index contributed by atoms with van der Waals surface area (Å²) in [5.74, 6) is 0. The summed E-state index contributed by atoms with van der Waals surface area (Å²) in [7, 11) is 0. The van der Waals surface area contributed by atoms with E-state index in [0.717, 1.165) is 5.56 Å². The SMILES string of the molecule is NCCN(C=O)CC(O)c1ccccc1. The summed E-state index contributed by atoms with van der Waals surface area (Å²) in [6, 6.07) is 9.25. The highest BCUT2D eigenvalue weighted by molar-refractivity contribution is 5.47. The number of benzene rings is 1. The molecule has 0 saturated heterocycles. The van der Waals surface area contributed by atoms with Gasteiger partial charge in [0.2, 0.25) is 6.41 Å². The van der Waals surface area contributed by atoms with E-state index in [9.17, 15) is 9.90 Å². The maximum Gasteiger partial charge on any atom is 0.209 e. The standard InChI is InChI=1S/C11H16N2O2/c12-6-7-13(9-14)8-11(15)10-4-2-1-3-5-10/h1-5,9,11,15H,6-8,12H2. The van der Waals surface area contributed by atoms with Gasteiger partial charge in [0.05, 0.1) is 12.6 Å². The fourth-order valence-electron chi connectivity index (χ4n) is 1.36. The van der Waals surface area contributed by atoms with Crippen LogP contribution in [0.3, 0.4) is 0 Å². The number of nitrogens with zero attached hydrogens (tertiary/aromatic N) is 1. The molecule has 1 aromatic rings. The largest absolute Gasteiger partial charge is 0.387 e. The Kier molecular flexibility index (Phi) is 4.80. The molecule has 0 saturated carbocycles. The van der Waals surface area contributed by atoms with E-state index in [-0.39, 0.29) is 6.54 Å². The van der Waals surface area contributed by atoms with Gasteiger partial charge in [-0.1, -0.05) is 30.3 Å². The first kappa shape index (κ1) is 11.7. The molecule has 82 valence electrons. The monoisotopic (exact) mass is 208 g/mol. The number of hydrogen-bond acceptors (Lipinski definition) is 3. The van der Waals surface area contributed by atoms with Crippen molar-refractivity contribution in [3.63, 3.8) is 0 Å². The fraction of sp³-hybridized carbons (Fsp3) is 0.364. The molecule has 1 atom stereocenters. The molecular weight excluding hydrogens is 192 g/mol. The van der Waals surface area contributed by atoms with E-state index in [1.54, 1.807) is 0 Å². The van der Waals surface area contributed by atoms with Gasteiger partial charge in [-0.25, -0.2) is 0 Å². The van der Waals surface area contributed by atoms with Gasteiger partial charge < -0.3 is 15.7 Å². The molecule has 0 radical (unpaired) electrons. The topological polar surface area (TPSA) is 66.6 Å².